The predicted octanol–water partition coefficient (Wildman–Crippen LogP) is 1.01. The molecule has 0 radical (unpaired) electrons. The van der Waals surface area contributed by atoms with Gasteiger partial charge in [0.15, 0.2) is 0 Å². The maximum absolute atomic E-state index is 12.5. The monoisotopic (exact) mass is 258 g/mol. The van der Waals surface area contributed by atoms with Gasteiger partial charge in [-0.3, -0.25) is 9.89 Å². The molecule has 2 aromatic heterocycles. The Bertz CT molecular complexity index is 608. The number of aromatic nitrogens is 3. The Kier molecular flexibility index (Phi) is 2.91. The summed E-state index contributed by atoms with van der Waals surface area (Å²) in [5.74, 6) is 0.308. The Morgan fingerprint density at radius 2 is 2.42 bits per heavy atom. The van der Waals surface area contributed by atoms with Crippen molar-refractivity contribution in [3.05, 3.63) is 41.3 Å². The van der Waals surface area contributed by atoms with Gasteiger partial charge in [0, 0.05) is 37.0 Å². The molecule has 1 aliphatic rings. The zero-order valence-electron chi connectivity index (χ0n) is 10.6. The van der Waals surface area contributed by atoms with Crippen LogP contribution in [-0.2, 0) is 13.0 Å². The van der Waals surface area contributed by atoms with Crippen LogP contribution in [0.2, 0.25) is 0 Å². The number of ether oxygens (including phenoxy) is 1. The molecular formula is C13H14N4O2. The van der Waals surface area contributed by atoms with Crippen molar-refractivity contribution in [2.75, 3.05) is 13.7 Å². The molecule has 0 saturated carbocycles. The van der Waals surface area contributed by atoms with E-state index in [-0.39, 0.29) is 5.91 Å². The van der Waals surface area contributed by atoms with E-state index >= 15 is 0 Å². The van der Waals surface area contributed by atoms with Crippen LogP contribution in [0, 0.1) is 0 Å². The molecule has 0 aliphatic carbocycles. The Morgan fingerprint density at radius 3 is 3.26 bits per heavy atom. The highest BCUT2D eigenvalue weighted by Gasteiger charge is 2.25. The summed E-state index contributed by atoms with van der Waals surface area (Å²) in [4.78, 5) is 18.3. The molecule has 1 amide bonds. The van der Waals surface area contributed by atoms with Gasteiger partial charge in [0.1, 0.15) is 5.56 Å². The fraction of sp³-hybridized carbons (Fsp3) is 0.308. The number of fused-ring (bicyclic) bond motifs is 1. The molecule has 3 heterocycles. The molecule has 3 rings (SSSR count). The number of nitrogens with one attached hydrogen (secondary N) is 1. The summed E-state index contributed by atoms with van der Waals surface area (Å²) in [6, 6.07) is 3.47. The predicted molar refractivity (Wildman–Crippen MR) is 67.8 cm³/mol. The lowest BCUT2D eigenvalue weighted by Crippen LogP contribution is -2.36. The molecule has 2 aromatic rings. The number of rotatable bonds is 2. The topological polar surface area (TPSA) is 71.1 Å². The first-order chi connectivity index (χ1) is 9.29. The zero-order chi connectivity index (χ0) is 13.2. The van der Waals surface area contributed by atoms with Gasteiger partial charge in [-0.2, -0.15) is 5.10 Å². The van der Waals surface area contributed by atoms with Gasteiger partial charge in [-0.25, -0.2) is 4.98 Å². The van der Waals surface area contributed by atoms with Gasteiger partial charge in [-0.05, 0) is 12.1 Å². The highest BCUT2D eigenvalue weighted by Crippen LogP contribution is 2.21. The molecule has 1 N–H and O–H groups in total. The maximum Gasteiger partial charge on any atom is 0.259 e. The number of carbonyl (C=O) groups is 1. The van der Waals surface area contributed by atoms with Gasteiger partial charge in [0.25, 0.3) is 5.91 Å². The fourth-order valence-electron chi connectivity index (χ4n) is 2.28. The maximum atomic E-state index is 12.5. The zero-order valence-corrected chi connectivity index (χ0v) is 10.6. The van der Waals surface area contributed by atoms with E-state index in [9.17, 15) is 4.79 Å². The first kappa shape index (κ1) is 11.7. The normalized spacial score (nSPS) is 14.1. The lowest BCUT2D eigenvalue weighted by atomic mass is 10.1. The Balaban J connectivity index is 1.85. The lowest BCUT2D eigenvalue weighted by Gasteiger charge is -2.26. The Hall–Kier alpha value is -2.37. The van der Waals surface area contributed by atoms with Crippen molar-refractivity contribution in [3.63, 3.8) is 0 Å². The molecule has 1 aliphatic heterocycles. The molecule has 0 atom stereocenters. The van der Waals surface area contributed by atoms with Crippen molar-refractivity contribution >= 4 is 5.91 Å². The quantitative estimate of drug-likeness (QED) is 0.872. The molecule has 19 heavy (non-hydrogen) atoms. The van der Waals surface area contributed by atoms with Crippen LogP contribution in [0.5, 0.6) is 5.88 Å². The van der Waals surface area contributed by atoms with Gasteiger partial charge in [0.05, 0.1) is 13.3 Å². The number of H-pyrrole nitrogens is 1. The number of nitrogens with zero attached hydrogens (tertiary/aromatic N) is 3. The summed E-state index contributed by atoms with van der Waals surface area (Å²) in [6.07, 6.45) is 4.18. The number of hydrogen-bond acceptors (Lipinski definition) is 4. The van der Waals surface area contributed by atoms with Crippen molar-refractivity contribution in [1.82, 2.24) is 20.1 Å². The molecule has 6 heteroatoms. The number of hydrogen-bond donors (Lipinski definition) is 1. The van der Waals surface area contributed by atoms with Crippen LogP contribution in [0.4, 0.5) is 0 Å². The Labute approximate surface area is 110 Å². The van der Waals surface area contributed by atoms with Gasteiger partial charge in [-0.1, -0.05) is 0 Å². The number of methoxy groups -OCH3 is 1. The second-order valence-electron chi connectivity index (χ2n) is 4.41. The fourth-order valence-corrected chi connectivity index (χ4v) is 2.28. The minimum Gasteiger partial charge on any atom is -0.480 e. The molecule has 6 nitrogen and oxygen atoms in total. The molecule has 98 valence electrons. The SMILES string of the molecule is COc1ncccc1C(=O)N1CCc2[nH]ncc2C1. The number of aromatic amines is 1. The first-order valence-corrected chi connectivity index (χ1v) is 6.09. The molecular weight excluding hydrogens is 244 g/mol. The molecule has 0 fully saturated rings. The second kappa shape index (κ2) is 4.72. The van der Waals surface area contributed by atoms with E-state index in [1.165, 1.54) is 7.11 Å². The molecule has 0 bridgehead atoms. The van der Waals surface area contributed by atoms with Gasteiger partial charge >= 0.3 is 0 Å². The van der Waals surface area contributed by atoms with E-state index in [1.54, 1.807) is 29.4 Å². The van der Waals surface area contributed by atoms with Crippen LogP contribution in [0.1, 0.15) is 21.6 Å². The van der Waals surface area contributed by atoms with Crippen LogP contribution in [0.3, 0.4) is 0 Å². The van der Waals surface area contributed by atoms with E-state index < -0.39 is 0 Å². The third-order valence-corrected chi connectivity index (χ3v) is 3.28. The highest BCUT2D eigenvalue weighted by atomic mass is 16.5. The van der Waals surface area contributed by atoms with Crippen molar-refractivity contribution in [1.29, 1.82) is 0 Å². The molecule has 0 saturated heterocycles. The summed E-state index contributed by atoms with van der Waals surface area (Å²) in [7, 11) is 1.52. The second-order valence-corrected chi connectivity index (χ2v) is 4.41. The van der Waals surface area contributed by atoms with E-state index in [1.807, 2.05) is 0 Å². The molecule has 0 aromatic carbocycles. The molecule has 0 unspecified atom stereocenters. The van der Waals surface area contributed by atoms with Crippen LogP contribution < -0.4 is 4.74 Å². The average molecular weight is 258 g/mol. The van der Waals surface area contributed by atoms with Crippen molar-refractivity contribution in [3.8, 4) is 5.88 Å². The van der Waals surface area contributed by atoms with E-state index in [4.69, 9.17) is 4.74 Å². The van der Waals surface area contributed by atoms with E-state index in [2.05, 4.69) is 15.2 Å². The van der Waals surface area contributed by atoms with Crippen molar-refractivity contribution in [2.24, 2.45) is 0 Å². The van der Waals surface area contributed by atoms with Gasteiger partial charge < -0.3 is 9.64 Å². The number of amides is 1. The summed E-state index contributed by atoms with van der Waals surface area (Å²) in [6.45, 7) is 1.24. The third-order valence-electron chi connectivity index (χ3n) is 3.28. The minimum absolute atomic E-state index is 0.0585. The van der Waals surface area contributed by atoms with E-state index in [0.717, 1.165) is 17.7 Å². The summed E-state index contributed by atoms with van der Waals surface area (Å²) in [5.41, 5.74) is 2.68. The number of pyridine rings is 1. The van der Waals surface area contributed by atoms with Crippen LogP contribution in [-0.4, -0.2) is 39.6 Å². The van der Waals surface area contributed by atoms with Crippen molar-refractivity contribution in [2.45, 2.75) is 13.0 Å². The van der Waals surface area contributed by atoms with Crippen LogP contribution >= 0.6 is 0 Å². The first-order valence-electron chi connectivity index (χ1n) is 6.09. The highest BCUT2D eigenvalue weighted by molar-refractivity contribution is 5.96. The van der Waals surface area contributed by atoms with E-state index in [0.29, 0.717) is 24.5 Å². The van der Waals surface area contributed by atoms with Crippen LogP contribution in [0.15, 0.2) is 24.5 Å². The van der Waals surface area contributed by atoms with Crippen molar-refractivity contribution < 1.29 is 9.53 Å². The average Bonchev–Trinajstić information content (AvgIpc) is 2.93. The summed E-state index contributed by atoms with van der Waals surface area (Å²) < 4.78 is 5.13. The smallest absolute Gasteiger partial charge is 0.259 e. The van der Waals surface area contributed by atoms with Crippen LogP contribution in [0.25, 0.3) is 0 Å². The Morgan fingerprint density at radius 1 is 1.53 bits per heavy atom. The number of carbonyl (C=O) groups excluding carboxylic acids is 1. The lowest BCUT2D eigenvalue weighted by molar-refractivity contribution is 0.0730. The molecule has 0 spiro atoms. The standard InChI is InChI=1S/C13H14N4O2/c1-19-12-10(3-2-5-14-12)13(18)17-6-4-11-9(8-17)7-15-16-11/h2-3,5,7H,4,6,8H2,1H3,(H,15,16). The minimum atomic E-state index is -0.0585. The van der Waals surface area contributed by atoms with Gasteiger partial charge in [-0.15, -0.1) is 0 Å². The van der Waals surface area contributed by atoms with Gasteiger partial charge in [0.2, 0.25) is 5.88 Å². The largest absolute Gasteiger partial charge is 0.480 e. The summed E-state index contributed by atoms with van der Waals surface area (Å²) in [5, 5.41) is 6.96. The third kappa shape index (κ3) is 2.05. The summed E-state index contributed by atoms with van der Waals surface area (Å²) >= 11 is 0.